The summed E-state index contributed by atoms with van der Waals surface area (Å²) in [4.78, 5) is 23.8. The third-order valence-corrected chi connectivity index (χ3v) is 4.04. The lowest BCUT2D eigenvalue weighted by Gasteiger charge is -2.17. The second kappa shape index (κ2) is 6.84. The summed E-state index contributed by atoms with van der Waals surface area (Å²) in [5.74, 6) is 0.285. The van der Waals surface area contributed by atoms with Crippen molar-refractivity contribution in [2.75, 3.05) is 14.2 Å². The molecule has 0 aromatic heterocycles. The summed E-state index contributed by atoms with van der Waals surface area (Å²) in [5.41, 5.74) is 2.66. The van der Waals surface area contributed by atoms with Crippen molar-refractivity contribution >= 4 is 11.9 Å². The first-order valence-corrected chi connectivity index (χ1v) is 7.85. The number of cyclic esters (lactones) is 1. The second-order valence-electron chi connectivity index (χ2n) is 5.41. The Morgan fingerprint density at radius 3 is 2.48 bits per heavy atom. The topological polar surface area (TPSA) is 71.1 Å². The minimum absolute atomic E-state index is 0.180. The van der Waals surface area contributed by atoms with Crippen molar-refractivity contribution < 1.29 is 28.5 Å². The first-order chi connectivity index (χ1) is 12.1. The molecule has 6 nitrogen and oxygen atoms in total. The van der Waals surface area contributed by atoms with E-state index in [2.05, 4.69) is 0 Å². The van der Waals surface area contributed by atoms with Crippen LogP contribution >= 0.6 is 0 Å². The van der Waals surface area contributed by atoms with Gasteiger partial charge in [-0.25, -0.2) is 4.79 Å². The Morgan fingerprint density at radius 2 is 1.80 bits per heavy atom. The predicted molar refractivity (Wildman–Crippen MR) is 90.0 cm³/mol. The van der Waals surface area contributed by atoms with Crippen LogP contribution in [0.3, 0.4) is 0 Å². The molecular formula is C19H18O6. The zero-order valence-corrected chi connectivity index (χ0v) is 14.3. The second-order valence-corrected chi connectivity index (χ2v) is 5.41. The minimum Gasteiger partial charge on any atom is -0.493 e. The van der Waals surface area contributed by atoms with Crippen LogP contribution in [0.4, 0.5) is 0 Å². The molecule has 0 fully saturated rings. The van der Waals surface area contributed by atoms with Gasteiger partial charge in [-0.1, -0.05) is 19.1 Å². The summed E-state index contributed by atoms with van der Waals surface area (Å²) < 4.78 is 21.4. The van der Waals surface area contributed by atoms with Crippen molar-refractivity contribution in [3.63, 3.8) is 0 Å². The number of methoxy groups -OCH3 is 2. The Balaban J connectivity index is 2.23. The fourth-order valence-corrected chi connectivity index (χ4v) is 2.80. The van der Waals surface area contributed by atoms with Crippen LogP contribution in [0.5, 0.6) is 17.2 Å². The molecule has 0 unspecified atom stereocenters. The quantitative estimate of drug-likeness (QED) is 0.613. The molecule has 0 spiro atoms. The number of carbonyl (C=O) groups excluding carboxylic acids is 2. The van der Waals surface area contributed by atoms with Crippen molar-refractivity contribution in [1.82, 2.24) is 0 Å². The number of carbonyl (C=O) groups is 2. The van der Waals surface area contributed by atoms with Crippen LogP contribution < -0.4 is 14.2 Å². The van der Waals surface area contributed by atoms with Gasteiger partial charge in [-0.2, -0.15) is 0 Å². The molecule has 0 saturated carbocycles. The van der Waals surface area contributed by atoms with E-state index in [0.29, 0.717) is 22.6 Å². The highest BCUT2D eigenvalue weighted by Crippen LogP contribution is 2.46. The third-order valence-electron chi connectivity index (χ3n) is 4.04. The Bertz CT molecular complexity index is 840. The summed E-state index contributed by atoms with van der Waals surface area (Å²) in [5, 5.41) is 0. The first-order valence-electron chi connectivity index (χ1n) is 7.85. The molecule has 0 bridgehead atoms. The van der Waals surface area contributed by atoms with E-state index in [1.54, 1.807) is 31.2 Å². The Hall–Kier alpha value is -3.02. The highest BCUT2D eigenvalue weighted by Gasteiger charge is 2.27. The molecule has 3 rings (SSSR count). The molecular weight excluding hydrogens is 324 g/mol. The van der Waals surface area contributed by atoms with Gasteiger partial charge in [-0.05, 0) is 23.8 Å². The number of benzene rings is 2. The van der Waals surface area contributed by atoms with E-state index in [-0.39, 0.29) is 24.7 Å². The van der Waals surface area contributed by atoms with Crippen molar-refractivity contribution in [3.05, 3.63) is 41.5 Å². The highest BCUT2D eigenvalue weighted by atomic mass is 16.6. The van der Waals surface area contributed by atoms with Gasteiger partial charge in [0.1, 0.15) is 6.61 Å². The Kier molecular flexibility index (Phi) is 4.61. The maximum atomic E-state index is 11.9. The normalized spacial score (nSPS) is 12.4. The maximum absolute atomic E-state index is 11.9. The van der Waals surface area contributed by atoms with E-state index in [1.165, 1.54) is 14.2 Å². The Morgan fingerprint density at radius 1 is 1.04 bits per heavy atom. The van der Waals surface area contributed by atoms with Crippen molar-refractivity contribution in [3.8, 4) is 28.4 Å². The monoisotopic (exact) mass is 342 g/mol. The Labute approximate surface area is 145 Å². The van der Waals surface area contributed by atoms with Gasteiger partial charge in [-0.3, -0.25) is 4.79 Å². The lowest BCUT2D eigenvalue weighted by atomic mass is 9.95. The molecule has 0 amide bonds. The summed E-state index contributed by atoms with van der Waals surface area (Å²) in [6.45, 7) is 1.89. The molecule has 0 saturated heterocycles. The van der Waals surface area contributed by atoms with Crippen LogP contribution in [0.15, 0.2) is 30.3 Å². The maximum Gasteiger partial charge on any atom is 0.338 e. The molecule has 1 heterocycles. The fraction of sp³-hybridized carbons (Fsp3) is 0.263. The number of rotatable bonds is 5. The smallest absolute Gasteiger partial charge is 0.338 e. The fourth-order valence-electron chi connectivity index (χ4n) is 2.80. The van der Waals surface area contributed by atoms with Crippen LogP contribution in [0.2, 0.25) is 0 Å². The average Bonchev–Trinajstić information content (AvgIpc) is 3.02. The minimum atomic E-state index is -0.396. The van der Waals surface area contributed by atoms with Crippen LogP contribution in [0, 0.1) is 0 Å². The molecule has 0 aliphatic carbocycles. The summed E-state index contributed by atoms with van der Waals surface area (Å²) in [7, 11) is 2.99. The number of esters is 2. The van der Waals surface area contributed by atoms with E-state index in [1.807, 2.05) is 6.07 Å². The molecule has 25 heavy (non-hydrogen) atoms. The molecule has 0 atom stereocenters. The molecule has 130 valence electrons. The molecule has 1 aliphatic rings. The zero-order valence-electron chi connectivity index (χ0n) is 14.3. The van der Waals surface area contributed by atoms with Gasteiger partial charge in [0.05, 0.1) is 19.8 Å². The summed E-state index contributed by atoms with van der Waals surface area (Å²) in [6, 6.07) is 8.84. The van der Waals surface area contributed by atoms with Crippen LogP contribution in [0.25, 0.3) is 11.1 Å². The largest absolute Gasteiger partial charge is 0.493 e. The van der Waals surface area contributed by atoms with Gasteiger partial charge in [0.25, 0.3) is 0 Å². The summed E-state index contributed by atoms with van der Waals surface area (Å²) >= 11 is 0. The lowest BCUT2D eigenvalue weighted by Crippen LogP contribution is -2.09. The van der Waals surface area contributed by atoms with Gasteiger partial charge in [0.15, 0.2) is 11.5 Å². The highest BCUT2D eigenvalue weighted by molar-refractivity contribution is 5.97. The van der Waals surface area contributed by atoms with Crippen molar-refractivity contribution in [1.29, 1.82) is 0 Å². The van der Waals surface area contributed by atoms with Crippen molar-refractivity contribution in [2.45, 2.75) is 20.0 Å². The average molecular weight is 342 g/mol. The summed E-state index contributed by atoms with van der Waals surface area (Å²) in [6.07, 6.45) is 0.217. The van der Waals surface area contributed by atoms with E-state index in [4.69, 9.17) is 18.9 Å². The molecule has 6 heteroatoms. The SMILES string of the molecule is CCC(=O)Oc1c(-c2cccc3c2COC3=O)ccc(OC)c1OC. The number of ether oxygens (including phenoxy) is 4. The van der Waals surface area contributed by atoms with E-state index in [9.17, 15) is 9.59 Å². The van der Waals surface area contributed by atoms with Crippen LogP contribution in [-0.2, 0) is 16.1 Å². The molecule has 2 aromatic rings. The number of hydrogen-bond acceptors (Lipinski definition) is 6. The molecule has 1 aliphatic heterocycles. The van der Waals surface area contributed by atoms with Crippen molar-refractivity contribution in [2.24, 2.45) is 0 Å². The third kappa shape index (κ3) is 2.91. The molecule has 0 radical (unpaired) electrons. The number of fused-ring (bicyclic) bond motifs is 1. The van der Waals surface area contributed by atoms with Gasteiger partial charge >= 0.3 is 11.9 Å². The predicted octanol–water partition coefficient (Wildman–Crippen LogP) is 3.36. The van der Waals surface area contributed by atoms with E-state index in [0.717, 1.165) is 11.1 Å². The van der Waals surface area contributed by atoms with Gasteiger partial charge in [0, 0.05) is 17.5 Å². The molecule has 0 N–H and O–H groups in total. The van der Waals surface area contributed by atoms with Crippen LogP contribution in [-0.4, -0.2) is 26.2 Å². The zero-order chi connectivity index (χ0) is 18.0. The van der Waals surface area contributed by atoms with Crippen LogP contribution in [0.1, 0.15) is 29.3 Å². The van der Waals surface area contributed by atoms with E-state index < -0.39 is 5.97 Å². The standard InChI is InChI=1S/C19H18O6/c1-4-16(20)25-17-12(8-9-15(22-2)18(17)23-3)11-6-5-7-13-14(11)10-24-19(13)21/h5-9H,4,10H2,1-3H3. The van der Waals surface area contributed by atoms with Gasteiger partial charge in [0.2, 0.25) is 5.75 Å². The molecule has 2 aromatic carbocycles. The van der Waals surface area contributed by atoms with Gasteiger partial charge < -0.3 is 18.9 Å². The number of hydrogen-bond donors (Lipinski definition) is 0. The first kappa shape index (κ1) is 16.8. The van der Waals surface area contributed by atoms with Gasteiger partial charge in [-0.15, -0.1) is 0 Å². The van der Waals surface area contributed by atoms with E-state index >= 15 is 0 Å². The lowest BCUT2D eigenvalue weighted by molar-refractivity contribution is -0.134.